The molecule has 0 saturated heterocycles. The first-order valence-corrected chi connectivity index (χ1v) is 10.9. The molecule has 1 unspecified atom stereocenters. The highest BCUT2D eigenvalue weighted by Crippen LogP contribution is 2.36. The quantitative estimate of drug-likeness (QED) is 0.480. The molecule has 34 heavy (non-hydrogen) atoms. The minimum atomic E-state index is -0.409. The molecule has 1 atom stereocenters. The van der Waals surface area contributed by atoms with E-state index in [2.05, 4.69) is 51.2 Å². The van der Waals surface area contributed by atoms with Crippen molar-refractivity contribution in [3.63, 3.8) is 0 Å². The van der Waals surface area contributed by atoms with Crippen LogP contribution in [-0.2, 0) is 4.79 Å². The molecule has 0 aliphatic carbocycles. The molecule has 1 aromatic heterocycles. The minimum Gasteiger partial charge on any atom is -0.324 e. The zero-order valence-corrected chi connectivity index (χ0v) is 18.8. The molecule has 0 spiro atoms. The van der Waals surface area contributed by atoms with E-state index in [1.807, 2.05) is 44.2 Å². The summed E-state index contributed by atoms with van der Waals surface area (Å²) in [7, 11) is 0. The number of allylic oxidation sites excluding steroid dienone is 1. The van der Waals surface area contributed by atoms with Gasteiger partial charge >= 0.3 is 0 Å². The van der Waals surface area contributed by atoms with Crippen molar-refractivity contribution in [3.05, 3.63) is 107 Å². The highest BCUT2D eigenvalue weighted by molar-refractivity contribution is 5.97. The summed E-state index contributed by atoms with van der Waals surface area (Å²) in [4.78, 5) is 14.8. The van der Waals surface area contributed by atoms with E-state index < -0.39 is 5.82 Å². The summed E-state index contributed by atoms with van der Waals surface area (Å²) in [6.07, 6.45) is 2.06. The molecule has 1 N–H and O–H groups in total. The predicted molar refractivity (Wildman–Crippen MR) is 129 cm³/mol. The molecule has 0 fully saturated rings. The lowest BCUT2D eigenvalue weighted by molar-refractivity contribution is -0.114. The fourth-order valence-corrected chi connectivity index (χ4v) is 4.04. The maximum absolute atomic E-state index is 13.7. The van der Waals surface area contributed by atoms with Gasteiger partial charge in [-0.25, -0.2) is 4.39 Å². The second-order valence-corrected chi connectivity index (χ2v) is 8.29. The zero-order valence-electron chi connectivity index (χ0n) is 18.8. The van der Waals surface area contributed by atoms with Crippen LogP contribution in [0.25, 0.3) is 5.70 Å². The van der Waals surface area contributed by atoms with Crippen molar-refractivity contribution in [2.75, 3.05) is 16.8 Å². The summed E-state index contributed by atoms with van der Waals surface area (Å²) in [5, 5.41) is 15.2. The molecule has 0 bridgehead atoms. The number of nitrogens with zero attached hydrogens (tertiary/aromatic N) is 5. The van der Waals surface area contributed by atoms with Gasteiger partial charge in [0.25, 0.3) is 5.95 Å². The molecule has 1 amide bonds. The zero-order chi connectivity index (χ0) is 23.7. The first kappa shape index (κ1) is 21.5. The summed E-state index contributed by atoms with van der Waals surface area (Å²) in [5.41, 5.74) is 5.16. The summed E-state index contributed by atoms with van der Waals surface area (Å²) < 4.78 is 15.4. The molecule has 3 aromatic carbocycles. The number of aryl methyl sites for hydroxylation is 2. The lowest BCUT2D eigenvalue weighted by Gasteiger charge is -2.32. The van der Waals surface area contributed by atoms with Crippen LogP contribution in [0.4, 0.5) is 16.0 Å². The summed E-state index contributed by atoms with van der Waals surface area (Å²) >= 11 is 0. The first-order valence-electron chi connectivity index (χ1n) is 10.9. The van der Waals surface area contributed by atoms with Gasteiger partial charge in [0.15, 0.2) is 0 Å². The van der Waals surface area contributed by atoms with E-state index >= 15 is 0 Å². The molecule has 5 rings (SSSR count). The molecule has 7 nitrogen and oxygen atoms in total. The summed E-state index contributed by atoms with van der Waals surface area (Å²) in [6.45, 7) is 3.81. The van der Waals surface area contributed by atoms with Gasteiger partial charge in [0.2, 0.25) is 5.91 Å². The fourth-order valence-electron chi connectivity index (χ4n) is 4.04. The number of hydrogen-bond donors (Lipinski definition) is 1. The number of amides is 1. The molecular weight excluding hydrogens is 431 g/mol. The Bertz CT molecular complexity index is 1360. The Labute approximate surface area is 196 Å². The Balaban J connectivity index is 1.53. The number of nitrogens with one attached hydrogen (secondary N) is 1. The van der Waals surface area contributed by atoms with Crippen LogP contribution in [0, 0.1) is 19.7 Å². The van der Waals surface area contributed by atoms with Gasteiger partial charge in [-0.15, -0.1) is 0 Å². The highest BCUT2D eigenvalue weighted by Gasteiger charge is 2.32. The van der Waals surface area contributed by atoms with Gasteiger partial charge in [-0.05, 0) is 59.2 Å². The topological polar surface area (TPSA) is 75.9 Å². The van der Waals surface area contributed by atoms with Gasteiger partial charge in [0.1, 0.15) is 18.4 Å². The van der Waals surface area contributed by atoms with Crippen molar-refractivity contribution in [2.24, 2.45) is 0 Å². The third-order valence-electron chi connectivity index (χ3n) is 5.85. The van der Waals surface area contributed by atoms with Gasteiger partial charge in [-0.3, -0.25) is 9.69 Å². The number of rotatable bonds is 5. The largest absolute Gasteiger partial charge is 0.324 e. The van der Waals surface area contributed by atoms with E-state index in [1.165, 1.54) is 12.1 Å². The molecule has 0 saturated carbocycles. The molecule has 4 aromatic rings. The molecule has 0 radical (unpaired) electrons. The lowest BCUT2D eigenvalue weighted by Crippen LogP contribution is -2.37. The third-order valence-corrected chi connectivity index (χ3v) is 5.85. The number of tetrazole rings is 1. The fraction of sp³-hybridized carbons (Fsp3) is 0.154. The lowest BCUT2D eigenvalue weighted by atomic mass is 10.00. The van der Waals surface area contributed by atoms with Gasteiger partial charge in [0.05, 0.1) is 5.70 Å². The van der Waals surface area contributed by atoms with Crippen molar-refractivity contribution in [3.8, 4) is 0 Å². The minimum absolute atomic E-state index is 0.0440. The Morgan fingerprint density at radius 2 is 1.79 bits per heavy atom. The first-order chi connectivity index (χ1) is 16.5. The Kier molecular flexibility index (Phi) is 5.63. The average Bonchev–Trinajstić information content (AvgIpc) is 3.33. The van der Waals surface area contributed by atoms with Crippen LogP contribution in [0.1, 0.15) is 28.3 Å². The number of benzene rings is 3. The Morgan fingerprint density at radius 3 is 2.56 bits per heavy atom. The van der Waals surface area contributed by atoms with Crippen LogP contribution in [0.5, 0.6) is 0 Å². The third kappa shape index (κ3) is 4.17. The Morgan fingerprint density at radius 1 is 1.03 bits per heavy atom. The maximum Gasteiger partial charge on any atom is 0.251 e. The smallest absolute Gasteiger partial charge is 0.251 e. The van der Waals surface area contributed by atoms with E-state index in [9.17, 15) is 9.18 Å². The van der Waals surface area contributed by atoms with Crippen LogP contribution in [0.2, 0.25) is 0 Å². The van der Waals surface area contributed by atoms with Gasteiger partial charge in [0, 0.05) is 5.69 Å². The van der Waals surface area contributed by atoms with Crippen LogP contribution in [-0.4, -0.2) is 32.7 Å². The normalized spacial score (nSPS) is 15.0. The second-order valence-electron chi connectivity index (χ2n) is 8.29. The molecule has 170 valence electrons. The van der Waals surface area contributed by atoms with Crippen LogP contribution >= 0.6 is 0 Å². The number of fused-ring (bicyclic) bond motifs is 1. The van der Waals surface area contributed by atoms with Crippen molar-refractivity contribution >= 4 is 23.2 Å². The van der Waals surface area contributed by atoms with Crippen molar-refractivity contribution in [2.45, 2.75) is 19.9 Å². The van der Waals surface area contributed by atoms with Crippen molar-refractivity contribution < 1.29 is 9.18 Å². The van der Waals surface area contributed by atoms with Crippen molar-refractivity contribution in [1.29, 1.82) is 0 Å². The maximum atomic E-state index is 13.7. The standard InChI is InChI=1S/C26H23FN6O/c1-17-8-11-20(12-9-17)24-15-23(19-6-4-3-5-7-19)32(26-29-30-31-33(24)26)16-25(34)28-22-14-21(27)13-10-18(22)2/h3-15,24H,16H2,1-2H3,(H,28,34). The van der Waals surface area contributed by atoms with E-state index in [-0.39, 0.29) is 18.5 Å². The number of carbonyl (C=O) groups excluding carboxylic acids is 1. The molecule has 1 aliphatic heterocycles. The van der Waals surface area contributed by atoms with Gasteiger partial charge in [-0.2, -0.15) is 4.68 Å². The molecular formula is C26H23FN6O. The predicted octanol–water partition coefficient (Wildman–Crippen LogP) is 4.52. The average molecular weight is 455 g/mol. The summed E-state index contributed by atoms with van der Waals surface area (Å²) in [6, 6.07) is 22.1. The van der Waals surface area contributed by atoms with E-state index in [4.69, 9.17) is 0 Å². The van der Waals surface area contributed by atoms with E-state index in [0.717, 1.165) is 28.0 Å². The number of aromatic nitrogens is 4. The SMILES string of the molecule is Cc1ccc(C2C=C(c3ccccc3)N(CC(=O)Nc3cc(F)ccc3C)c3nnnn32)cc1. The van der Waals surface area contributed by atoms with E-state index in [1.54, 1.807) is 15.6 Å². The van der Waals surface area contributed by atoms with Crippen LogP contribution in [0.3, 0.4) is 0 Å². The molecule has 8 heteroatoms. The van der Waals surface area contributed by atoms with E-state index in [0.29, 0.717) is 11.6 Å². The number of halogens is 1. The number of hydrogen-bond acceptors (Lipinski definition) is 5. The van der Waals surface area contributed by atoms with Crippen LogP contribution < -0.4 is 10.2 Å². The Hall–Kier alpha value is -4.33. The highest BCUT2D eigenvalue weighted by atomic mass is 19.1. The second kappa shape index (κ2) is 8.90. The summed E-state index contributed by atoms with van der Waals surface area (Å²) in [5.74, 6) is -0.259. The van der Waals surface area contributed by atoms with Crippen LogP contribution in [0.15, 0.2) is 78.9 Å². The molecule has 2 heterocycles. The van der Waals surface area contributed by atoms with Gasteiger partial charge < -0.3 is 5.32 Å². The number of anilines is 2. The number of carbonyl (C=O) groups is 1. The molecule has 1 aliphatic rings. The monoisotopic (exact) mass is 454 g/mol. The van der Waals surface area contributed by atoms with Gasteiger partial charge in [-0.1, -0.05) is 71.3 Å². The van der Waals surface area contributed by atoms with Crippen molar-refractivity contribution in [1.82, 2.24) is 20.2 Å².